The fourth-order valence-corrected chi connectivity index (χ4v) is 4.27. The third kappa shape index (κ3) is 3.09. The quantitative estimate of drug-likeness (QED) is 0.506. The summed E-state index contributed by atoms with van der Waals surface area (Å²) in [5.74, 6) is -0.541. The summed E-state index contributed by atoms with van der Waals surface area (Å²) >= 11 is 0. The highest BCUT2D eigenvalue weighted by Gasteiger charge is 2.47. The fourth-order valence-electron chi connectivity index (χ4n) is 4.27. The number of benzene rings is 2. The molecule has 0 saturated carbocycles. The first-order chi connectivity index (χ1) is 14.2. The van der Waals surface area contributed by atoms with Gasteiger partial charge in [-0.15, -0.1) is 0 Å². The molecule has 2 amide bonds. The van der Waals surface area contributed by atoms with Crippen LogP contribution in [0.15, 0.2) is 79.0 Å². The average Bonchev–Trinajstić information content (AvgIpc) is 3.31. The molecular weight excluding hydrogens is 362 g/mol. The Morgan fingerprint density at radius 2 is 1.41 bits per heavy atom. The molecule has 1 aromatic heterocycles. The molecule has 5 heteroatoms. The second kappa shape index (κ2) is 7.17. The zero-order chi connectivity index (χ0) is 19.8. The van der Waals surface area contributed by atoms with E-state index in [0.717, 1.165) is 22.5 Å². The molecule has 0 N–H and O–H groups in total. The van der Waals surface area contributed by atoms with Crippen LogP contribution in [0.1, 0.15) is 18.4 Å². The molecule has 5 rings (SSSR count). The average molecular weight is 383 g/mol. The number of imide groups is 1. The number of carbonyl (C=O) groups excluding carboxylic acids is 2. The fraction of sp³-hybridized carbons (Fsp3) is 0.208. The van der Waals surface area contributed by atoms with Crippen LogP contribution in [0.4, 0.5) is 0 Å². The van der Waals surface area contributed by atoms with Gasteiger partial charge in [0, 0.05) is 17.3 Å². The molecule has 1 aliphatic carbocycles. The first kappa shape index (κ1) is 17.6. The van der Waals surface area contributed by atoms with Gasteiger partial charge < -0.3 is 0 Å². The zero-order valence-electron chi connectivity index (χ0n) is 15.9. The minimum absolute atomic E-state index is 0.0594. The van der Waals surface area contributed by atoms with Crippen LogP contribution >= 0.6 is 0 Å². The van der Waals surface area contributed by atoms with Gasteiger partial charge in [0.05, 0.1) is 29.8 Å². The zero-order valence-corrected chi connectivity index (χ0v) is 15.9. The predicted molar refractivity (Wildman–Crippen MR) is 110 cm³/mol. The van der Waals surface area contributed by atoms with Gasteiger partial charge in [-0.1, -0.05) is 60.7 Å². The molecule has 0 bridgehead atoms. The first-order valence-electron chi connectivity index (χ1n) is 9.92. The minimum atomic E-state index is -0.211. The molecule has 3 aromatic rings. The number of amides is 2. The maximum absolute atomic E-state index is 12.9. The lowest BCUT2D eigenvalue weighted by atomic mass is 9.85. The lowest BCUT2D eigenvalue weighted by Crippen LogP contribution is -2.30. The first-order valence-corrected chi connectivity index (χ1v) is 9.92. The maximum atomic E-state index is 12.9. The molecule has 2 aliphatic rings. The van der Waals surface area contributed by atoms with Crippen molar-refractivity contribution in [3.8, 4) is 16.9 Å². The number of rotatable bonds is 4. The number of likely N-dealkylation sites (tertiary alicyclic amines) is 1. The summed E-state index contributed by atoms with van der Waals surface area (Å²) in [6, 6.07) is 19.7. The van der Waals surface area contributed by atoms with E-state index in [4.69, 9.17) is 5.10 Å². The Balaban J connectivity index is 1.53. The highest BCUT2D eigenvalue weighted by atomic mass is 16.2. The maximum Gasteiger partial charge on any atom is 0.233 e. The van der Waals surface area contributed by atoms with Crippen LogP contribution in [0.2, 0.25) is 0 Å². The third-order valence-corrected chi connectivity index (χ3v) is 5.79. The summed E-state index contributed by atoms with van der Waals surface area (Å²) in [5, 5.41) is 4.79. The van der Waals surface area contributed by atoms with Crippen molar-refractivity contribution in [2.45, 2.75) is 19.4 Å². The van der Waals surface area contributed by atoms with E-state index >= 15 is 0 Å². The lowest BCUT2D eigenvalue weighted by Gasteiger charge is -2.14. The van der Waals surface area contributed by atoms with Gasteiger partial charge in [0.2, 0.25) is 11.8 Å². The number of allylic oxidation sites excluding steroid dienone is 2. The van der Waals surface area contributed by atoms with Gasteiger partial charge in [-0.2, -0.15) is 5.10 Å². The van der Waals surface area contributed by atoms with Gasteiger partial charge in [0.25, 0.3) is 0 Å². The molecule has 29 heavy (non-hydrogen) atoms. The number of fused-ring (bicyclic) bond motifs is 1. The van der Waals surface area contributed by atoms with Gasteiger partial charge in [0.1, 0.15) is 0 Å². The predicted octanol–water partition coefficient (Wildman–Crippen LogP) is 3.99. The SMILES string of the molecule is O=C1[C@H]2CC=CC[C@H]2C(=O)N1Cc1cn(-c2ccccc2)nc1-c1ccccc1. The number of para-hydroxylation sites is 1. The molecule has 144 valence electrons. The van der Waals surface area contributed by atoms with Crippen LogP contribution in [0.5, 0.6) is 0 Å². The molecular formula is C24H21N3O2. The molecule has 2 heterocycles. The number of aromatic nitrogens is 2. The Morgan fingerprint density at radius 3 is 2.03 bits per heavy atom. The Kier molecular flexibility index (Phi) is 4.35. The molecule has 0 spiro atoms. The highest BCUT2D eigenvalue weighted by Crippen LogP contribution is 2.36. The van der Waals surface area contributed by atoms with Crippen LogP contribution in [0, 0.1) is 11.8 Å². The summed E-state index contributed by atoms with van der Waals surface area (Å²) in [6.45, 7) is 0.252. The molecule has 1 aliphatic heterocycles. The molecule has 1 saturated heterocycles. The van der Waals surface area contributed by atoms with Gasteiger partial charge in [-0.05, 0) is 25.0 Å². The second-order valence-electron chi connectivity index (χ2n) is 7.57. The number of hydrogen-bond acceptors (Lipinski definition) is 3. The minimum Gasteiger partial charge on any atom is -0.277 e. The van der Waals surface area contributed by atoms with E-state index in [0.29, 0.717) is 12.8 Å². The van der Waals surface area contributed by atoms with Crippen LogP contribution in [0.3, 0.4) is 0 Å². The van der Waals surface area contributed by atoms with E-state index in [9.17, 15) is 9.59 Å². The van der Waals surface area contributed by atoms with E-state index in [2.05, 4.69) is 0 Å². The normalized spacial score (nSPS) is 20.9. The van der Waals surface area contributed by atoms with E-state index < -0.39 is 0 Å². The third-order valence-electron chi connectivity index (χ3n) is 5.79. The monoisotopic (exact) mass is 383 g/mol. The van der Waals surface area contributed by atoms with Crippen LogP contribution in [-0.2, 0) is 16.1 Å². The number of nitrogens with zero attached hydrogens (tertiary/aromatic N) is 3. The summed E-state index contributed by atoms with van der Waals surface area (Å²) < 4.78 is 1.82. The molecule has 2 atom stereocenters. The van der Waals surface area contributed by atoms with E-state index in [1.807, 2.05) is 83.7 Å². The lowest BCUT2D eigenvalue weighted by molar-refractivity contribution is -0.140. The Labute approximate surface area is 169 Å². The van der Waals surface area contributed by atoms with Crippen molar-refractivity contribution in [1.82, 2.24) is 14.7 Å². The van der Waals surface area contributed by atoms with Crippen LogP contribution in [-0.4, -0.2) is 26.5 Å². The van der Waals surface area contributed by atoms with Crippen LogP contribution < -0.4 is 0 Å². The summed E-state index contributed by atoms with van der Waals surface area (Å²) in [4.78, 5) is 27.3. The molecule has 1 fully saturated rings. The van der Waals surface area contributed by atoms with Crippen LogP contribution in [0.25, 0.3) is 16.9 Å². The number of hydrogen-bond donors (Lipinski definition) is 0. The van der Waals surface area contributed by atoms with E-state index in [-0.39, 0.29) is 30.2 Å². The molecule has 0 radical (unpaired) electrons. The Morgan fingerprint density at radius 1 is 0.828 bits per heavy atom. The van der Waals surface area contributed by atoms with Gasteiger partial charge in [-0.25, -0.2) is 4.68 Å². The molecule has 0 unspecified atom stereocenters. The smallest absolute Gasteiger partial charge is 0.233 e. The molecule has 2 aromatic carbocycles. The number of carbonyl (C=O) groups is 2. The van der Waals surface area contributed by atoms with Crippen molar-refractivity contribution >= 4 is 11.8 Å². The summed E-state index contributed by atoms with van der Waals surface area (Å²) in [6.07, 6.45) is 7.26. The van der Waals surface area contributed by atoms with Crippen molar-refractivity contribution in [2.75, 3.05) is 0 Å². The topological polar surface area (TPSA) is 55.2 Å². The summed E-state index contributed by atoms with van der Waals surface area (Å²) in [7, 11) is 0. The highest BCUT2D eigenvalue weighted by molar-refractivity contribution is 6.05. The van der Waals surface area contributed by atoms with Gasteiger partial charge >= 0.3 is 0 Å². The van der Waals surface area contributed by atoms with Crippen molar-refractivity contribution < 1.29 is 9.59 Å². The standard InChI is InChI=1S/C24H21N3O2/c28-23-20-13-7-8-14-21(20)24(29)26(23)15-18-16-27(19-11-5-2-6-12-19)25-22(18)17-9-3-1-4-10-17/h1-12,16,20-21H,13-15H2/t20-,21+. The largest absolute Gasteiger partial charge is 0.277 e. The molecule has 5 nitrogen and oxygen atoms in total. The van der Waals surface area contributed by atoms with E-state index in [1.165, 1.54) is 4.90 Å². The second-order valence-corrected chi connectivity index (χ2v) is 7.57. The van der Waals surface area contributed by atoms with Gasteiger partial charge in [-0.3, -0.25) is 14.5 Å². The van der Waals surface area contributed by atoms with Crippen molar-refractivity contribution in [1.29, 1.82) is 0 Å². The Bertz CT molecular complexity index is 1060. The van der Waals surface area contributed by atoms with Crippen molar-refractivity contribution in [2.24, 2.45) is 11.8 Å². The Hall–Kier alpha value is -3.47. The van der Waals surface area contributed by atoms with Crippen molar-refractivity contribution in [3.05, 3.63) is 84.6 Å². The summed E-state index contributed by atoms with van der Waals surface area (Å²) in [5.41, 5.74) is 3.57. The van der Waals surface area contributed by atoms with E-state index in [1.54, 1.807) is 0 Å². The van der Waals surface area contributed by atoms with Gasteiger partial charge in [0.15, 0.2) is 0 Å². The van der Waals surface area contributed by atoms with Crippen molar-refractivity contribution in [3.63, 3.8) is 0 Å².